The van der Waals surface area contributed by atoms with Crippen molar-refractivity contribution in [1.29, 1.82) is 0 Å². The Hall–Kier alpha value is -3.41. The van der Waals surface area contributed by atoms with Crippen LogP contribution in [0.15, 0.2) is 36.4 Å². The fourth-order valence-electron chi connectivity index (χ4n) is 4.81. The molecular formula is C27H31N5O5S. The van der Waals surface area contributed by atoms with E-state index in [1.807, 2.05) is 64.1 Å². The lowest BCUT2D eigenvalue weighted by Crippen LogP contribution is -2.48. The molecule has 0 saturated carbocycles. The van der Waals surface area contributed by atoms with Gasteiger partial charge in [-0.2, -0.15) is 4.98 Å². The van der Waals surface area contributed by atoms with Crippen molar-refractivity contribution in [3.8, 4) is 11.6 Å². The first kappa shape index (κ1) is 24.9. The molecule has 2 N–H and O–H groups in total. The van der Waals surface area contributed by atoms with E-state index < -0.39 is 5.79 Å². The molecule has 6 rings (SSSR count). The van der Waals surface area contributed by atoms with Crippen LogP contribution in [0.5, 0.6) is 11.6 Å². The Bertz CT molecular complexity index is 1370. The van der Waals surface area contributed by atoms with E-state index in [4.69, 9.17) is 23.9 Å². The van der Waals surface area contributed by atoms with Gasteiger partial charge in [0, 0.05) is 23.7 Å². The average molecular weight is 538 g/mol. The third-order valence-corrected chi connectivity index (χ3v) is 7.61. The van der Waals surface area contributed by atoms with Gasteiger partial charge in [-0.25, -0.2) is 4.98 Å². The Kier molecular flexibility index (Phi) is 6.16. The second-order valence-electron chi connectivity index (χ2n) is 10.7. The minimum atomic E-state index is -0.587. The summed E-state index contributed by atoms with van der Waals surface area (Å²) in [6.07, 6.45) is 0.564. The summed E-state index contributed by atoms with van der Waals surface area (Å²) in [4.78, 5) is 24.9. The third-order valence-electron chi connectivity index (χ3n) is 6.49. The Morgan fingerprint density at radius 3 is 2.89 bits per heavy atom. The first-order chi connectivity index (χ1) is 18.1. The fourth-order valence-corrected chi connectivity index (χ4v) is 5.83. The van der Waals surface area contributed by atoms with Crippen LogP contribution in [0.1, 0.15) is 43.1 Å². The molecule has 5 heterocycles. The highest BCUT2D eigenvalue weighted by molar-refractivity contribution is 7.17. The zero-order valence-corrected chi connectivity index (χ0v) is 22.7. The van der Waals surface area contributed by atoms with Gasteiger partial charge < -0.3 is 34.5 Å². The van der Waals surface area contributed by atoms with E-state index in [1.165, 1.54) is 11.3 Å². The molecule has 38 heavy (non-hydrogen) atoms. The predicted octanol–water partition coefficient (Wildman–Crippen LogP) is 4.41. The molecular weight excluding hydrogens is 506 g/mol. The molecule has 1 saturated heterocycles. The van der Waals surface area contributed by atoms with Crippen molar-refractivity contribution in [2.24, 2.45) is 0 Å². The summed E-state index contributed by atoms with van der Waals surface area (Å²) in [6.45, 7) is 9.83. The molecule has 1 atom stereocenters. The maximum Gasteiger partial charge on any atom is 0.263 e. The summed E-state index contributed by atoms with van der Waals surface area (Å²) < 4.78 is 23.2. The molecule has 1 amide bonds. The highest BCUT2D eigenvalue weighted by Crippen LogP contribution is 2.42. The van der Waals surface area contributed by atoms with E-state index in [0.29, 0.717) is 49.4 Å². The Morgan fingerprint density at radius 1 is 1.21 bits per heavy atom. The molecule has 1 fully saturated rings. The van der Waals surface area contributed by atoms with E-state index in [1.54, 1.807) is 0 Å². The summed E-state index contributed by atoms with van der Waals surface area (Å²) >= 11 is 1.42. The number of nitrogens with zero attached hydrogens (tertiary/aromatic N) is 3. The molecule has 3 aromatic rings. The monoisotopic (exact) mass is 537 g/mol. The molecule has 2 aromatic heterocycles. The van der Waals surface area contributed by atoms with E-state index in [9.17, 15) is 4.79 Å². The predicted molar refractivity (Wildman–Crippen MR) is 144 cm³/mol. The average Bonchev–Trinajstić information content (AvgIpc) is 3.44. The zero-order valence-electron chi connectivity index (χ0n) is 21.9. The molecule has 11 heteroatoms. The van der Waals surface area contributed by atoms with Crippen LogP contribution in [0, 0.1) is 0 Å². The van der Waals surface area contributed by atoms with E-state index in [-0.39, 0.29) is 17.6 Å². The molecule has 1 aromatic carbocycles. The summed E-state index contributed by atoms with van der Waals surface area (Å²) in [7, 11) is 0. The van der Waals surface area contributed by atoms with Gasteiger partial charge in [-0.05, 0) is 52.0 Å². The van der Waals surface area contributed by atoms with Gasteiger partial charge in [-0.3, -0.25) is 4.79 Å². The summed E-state index contributed by atoms with van der Waals surface area (Å²) in [5, 5.41) is 7.22. The smallest absolute Gasteiger partial charge is 0.263 e. The normalized spacial score (nSPS) is 21.2. The molecule has 3 aliphatic heterocycles. The molecule has 200 valence electrons. The molecule has 0 aliphatic carbocycles. The van der Waals surface area contributed by atoms with Crippen LogP contribution in [0.4, 0.5) is 22.3 Å². The second-order valence-corrected chi connectivity index (χ2v) is 11.7. The van der Waals surface area contributed by atoms with Crippen LogP contribution in [0.3, 0.4) is 0 Å². The van der Waals surface area contributed by atoms with Crippen molar-refractivity contribution in [2.45, 2.75) is 51.5 Å². The van der Waals surface area contributed by atoms with Gasteiger partial charge in [-0.15, -0.1) is 0 Å². The van der Waals surface area contributed by atoms with Gasteiger partial charge in [0.1, 0.15) is 35.8 Å². The van der Waals surface area contributed by atoms with E-state index in [2.05, 4.69) is 20.5 Å². The number of thiazole rings is 1. The van der Waals surface area contributed by atoms with Crippen LogP contribution in [0.25, 0.3) is 0 Å². The Labute approximate surface area is 225 Å². The van der Waals surface area contributed by atoms with Gasteiger partial charge in [0.05, 0.1) is 24.5 Å². The second kappa shape index (κ2) is 9.40. The number of carbonyl (C=O) groups excluding carboxylic acids is 1. The number of nitrogens with one attached hydrogen (secondary N) is 2. The molecule has 0 radical (unpaired) electrons. The highest BCUT2D eigenvalue weighted by atomic mass is 32.1. The van der Waals surface area contributed by atoms with Gasteiger partial charge in [0.15, 0.2) is 10.9 Å². The Morgan fingerprint density at radius 2 is 2.08 bits per heavy atom. The molecule has 0 bridgehead atoms. The van der Waals surface area contributed by atoms with E-state index >= 15 is 0 Å². The number of aromatic nitrogens is 2. The number of anilines is 4. The lowest BCUT2D eigenvalue weighted by Gasteiger charge is -2.30. The van der Waals surface area contributed by atoms with Crippen LogP contribution in [0.2, 0.25) is 0 Å². The van der Waals surface area contributed by atoms with Gasteiger partial charge in [-0.1, -0.05) is 17.4 Å². The first-order valence-electron chi connectivity index (χ1n) is 12.7. The SMILES string of the molecule is CC1(C)Cc2nc(N3CCOc4ccc(Nc5cccc(OCC6COC(C)(C)O6)n5)cc43)sc2C(=O)N1. The van der Waals surface area contributed by atoms with Crippen molar-refractivity contribution in [3.63, 3.8) is 0 Å². The standard InChI is InChI=1S/C27H31N5O5S/c1-26(2)13-18-23(24(33)31-26)38-25(29-18)32-10-11-34-20-9-8-16(12-19(20)32)28-21-6-5-7-22(30-21)35-14-17-15-36-27(3,4)37-17/h5-9,12,17H,10-11,13-15H2,1-4H3,(H,28,30)(H,31,33). The fraction of sp³-hybridized carbons (Fsp3) is 0.444. The maximum absolute atomic E-state index is 12.7. The van der Waals surface area contributed by atoms with Crippen molar-refractivity contribution in [2.75, 3.05) is 36.6 Å². The number of fused-ring (bicyclic) bond motifs is 2. The molecule has 10 nitrogen and oxygen atoms in total. The highest BCUT2D eigenvalue weighted by Gasteiger charge is 2.35. The maximum atomic E-state index is 12.7. The molecule has 3 aliphatic rings. The number of amides is 1. The Balaban J connectivity index is 1.19. The number of benzene rings is 1. The number of ether oxygens (including phenoxy) is 4. The zero-order chi connectivity index (χ0) is 26.5. The van der Waals surface area contributed by atoms with Crippen LogP contribution >= 0.6 is 11.3 Å². The topological polar surface area (TPSA) is 107 Å². The van der Waals surface area contributed by atoms with Gasteiger partial charge in [0.2, 0.25) is 5.88 Å². The summed E-state index contributed by atoms with van der Waals surface area (Å²) in [5.74, 6) is 1.27. The van der Waals surface area contributed by atoms with Crippen molar-refractivity contribution in [1.82, 2.24) is 15.3 Å². The number of rotatable bonds is 6. The lowest BCUT2D eigenvalue weighted by molar-refractivity contribution is -0.141. The van der Waals surface area contributed by atoms with Crippen molar-refractivity contribution >= 4 is 39.6 Å². The number of hydrogen-bond acceptors (Lipinski definition) is 10. The lowest BCUT2D eigenvalue weighted by atomic mass is 9.94. The number of hydrogen-bond donors (Lipinski definition) is 2. The minimum absolute atomic E-state index is 0.0622. The third kappa shape index (κ3) is 5.13. The van der Waals surface area contributed by atoms with Crippen molar-refractivity contribution in [3.05, 3.63) is 47.0 Å². The quantitative estimate of drug-likeness (QED) is 0.473. The molecule has 1 unspecified atom stereocenters. The van der Waals surface area contributed by atoms with Crippen LogP contribution < -0.4 is 25.0 Å². The van der Waals surface area contributed by atoms with Gasteiger partial charge >= 0.3 is 0 Å². The summed E-state index contributed by atoms with van der Waals surface area (Å²) in [6, 6.07) is 11.5. The minimum Gasteiger partial charge on any atom is -0.490 e. The van der Waals surface area contributed by atoms with Crippen LogP contribution in [-0.2, 0) is 15.9 Å². The number of pyridine rings is 1. The largest absolute Gasteiger partial charge is 0.490 e. The van der Waals surface area contributed by atoms with Gasteiger partial charge in [0.25, 0.3) is 5.91 Å². The van der Waals surface area contributed by atoms with Crippen molar-refractivity contribution < 1.29 is 23.7 Å². The molecule has 0 spiro atoms. The summed E-state index contributed by atoms with van der Waals surface area (Å²) in [5.41, 5.74) is 2.27. The first-order valence-corrected chi connectivity index (χ1v) is 13.5. The number of carbonyl (C=O) groups is 1. The van der Waals surface area contributed by atoms with E-state index in [0.717, 1.165) is 27.9 Å². The van der Waals surface area contributed by atoms with Crippen LogP contribution in [-0.4, -0.2) is 59.7 Å².